The normalized spacial score (nSPS) is 11.7. The molecular weight excluding hydrogens is 226 g/mol. The molecule has 1 heterocycles. The van der Waals surface area contributed by atoms with Gasteiger partial charge in [-0.1, -0.05) is 6.07 Å². The second-order valence-electron chi connectivity index (χ2n) is 3.15. The molecule has 92 valence electrons. The van der Waals surface area contributed by atoms with Crippen molar-refractivity contribution in [2.75, 3.05) is 13.7 Å². The number of ether oxygens (including phenoxy) is 1. The van der Waals surface area contributed by atoms with Gasteiger partial charge in [-0.3, -0.25) is 14.8 Å². The number of hydrogen-bond acceptors (Lipinski definition) is 6. The Morgan fingerprint density at radius 1 is 1.59 bits per heavy atom. The van der Waals surface area contributed by atoms with Gasteiger partial charge in [-0.25, -0.2) is 10.6 Å². The van der Waals surface area contributed by atoms with E-state index in [1.807, 2.05) is 0 Å². The molecule has 0 bridgehead atoms. The van der Waals surface area contributed by atoms with Crippen LogP contribution < -0.4 is 5.84 Å². The predicted octanol–water partition coefficient (Wildman–Crippen LogP) is -1.07. The maximum atomic E-state index is 11.8. The average Bonchev–Trinajstić information content (AvgIpc) is 2.39. The molecule has 0 fully saturated rings. The number of esters is 1. The molecule has 3 N–H and O–H groups in total. The van der Waals surface area contributed by atoms with Crippen LogP contribution in [0.15, 0.2) is 24.4 Å². The van der Waals surface area contributed by atoms with E-state index in [0.717, 1.165) is 7.11 Å². The quantitative estimate of drug-likeness (QED) is 0.300. The smallest absolute Gasteiger partial charge is 0.332 e. The molecule has 7 heteroatoms. The fraction of sp³-hybridized carbons (Fsp3) is 0.300. The average molecular weight is 239 g/mol. The Bertz CT molecular complexity index is 396. The lowest BCUT2D eigenvalue weighted by molar-refractivity contribution is -0.147. The number of aliphatic hydroxyl groups is 1. The minimum Gasteiger partial charge on any atom is -0.467 e. The number of pyridine rings is 1. The van der Waals surface area contributed by atoms with Crippen molar-refractivity contribution in [1.29, 1.82) is 0 Å². The van der Waals surface area contributed by atoms with Gasteiger partial charge in [0.05, 0.1) is 13.7 Å². The third-order valence-electron chi connectivity index (χ3n) is 2.10. The van der Waals surface area contributed by atoms with E-state index < -0.39 is 24.5 Å². The number of carbonyl (C=O) groups is 2. The molecule has 1 aromatic rings. The molecular formula is C10H13N3O4. The van der Waals surface area contributed by atoms with Gasteiger partial charge in [0.25, 0.3) is 5.91 Å². The molecule has 1 atom stereocenters. The first-order valence-electron chi connectivity index (χ1n) is 4.79. The summed E-state index contributed by atoms with van der Waals surface area (Å²) < 4.78 is 4.42. The molecule has 0 radical (unpaired) electrons. The number of methoxy groups -OCH3 is 1. The van der Waals surface area contributed by atoms with Crippen molar-refractivity contribution in [3.8, 4) is 0 Å². The number of carbonyl (C=O) groups excluding carboxylic acids is 2. The van der Waals surface area contributed by atoms with Crippen LogP contribution in [0, 0.1) is 0 Å². The van der Waals surface area contributed by atoms with E-state index >= 15 is 0 Å². The molecule has 0 saturated heterocycles. The van der Waals surface area contributed by atoms with E-state index in [9.17, 15) is 9.59 Å². The van der Waals surface area contributed by atoms with Crippen molar-refractivity contribution in [1.82, 2.24) is 9.99 Å². The Kier molecular flexibility index (Phi) is 4.56. The van der Waals surface area contributed by atoms with Crippen LogP contribution in [0.2, 0.25) is 0 Å². The maximum Gasteiger partial charge on any atom is 0.332 e. The maximum absolute atomic E-state index is 11.8. The first-order valence-corrected chi connectivity index (χ1v) is 4.79. The van der Waals surface area contributed by atoms with Crippen LogP contribution in [0.25, 0.3) is 0 Å². The van der Waals surface area contributed by atoms with Gasteiger partial charge >= 0.3 is 5.97 Å². The van der Waals surface area contributed by atoms with E-state index in [0.29, 0.717) is 5.01 Å². The van der Waals surface area contributed by atoms with E-state index in [-0.39, 0.29) is 5.69 Å². The highest BCUT2D eigenvalue weighted by molar-refractivity contribution is 5.94. The molecule has 1 amide bonds. The van der Waals surface area contributed by atoms with E-state index in [2.05, 4.69) is 9.72 Å². The van der Waals surface area contributed by atoms with Crippen LogP contribution in [-0.2, 0) is 9.53 Å². The van der Waals surface area contributed by atoms with Crippen LogP contribution in [0.1, 0.15) is 10.5 Å². The minimum atomic E-state index is -1.24. The zero-order valence-corrected chi connectivity index (χ0v) is 9.24. The third kappa shape index (κ3) is 2.99. The van der Waals surface area contributed by atoms with Crippen LogP contribution >= 0.6 is 0 Å². The minimum absolute atomic E-state index is 0.0809. The molecule has 0 aliphatic rings. The van der Waals surface area contributed by atoms with Gasteiger partial charge in [0.15, 0.2) is 6.04 Å². The van der Waals surface area contributed by atoms with Crippen LogP contribution in [-0.4, -0.2) is 46.7 Å². The highest BCUT2D eigenvalue weighted by Crippen LogP contribution is 2.03. The summed E-state index contributed by atoms with van der Waals surface area (Å²) in [4.78, 5) is 26.8. The molecule has 0 aromatic carbocycles. The second kappa shape index (κ2) is 5.92. The van der Waals surface area contributed by atoms with Crippen molar-refractivity contribution in [3.63, 3.8) is 0 Å². The standard InChI is InChI=1S/C10H13N3O4/c1-17-10(16)8(6-14)13(11)9(15)7-4-2-3-5-12-7/h2-5,8,14H,6,11H2,1H3. The predicted molar refractivity (Wildman–Crippen MR) is 57.5 cm³/mol. The van der Waals surface area contributed by atoms with Gasteiger partial charge in [0.1, 0.15) is 5.69 Å². The monoisotopic (exact) mass is 239 g/mol. The number of amides is 1. The molecule has 1 aromatic heterocycles. The summed E-state index contributed by atoms with van der Waals surface area (Å²) >= 11 is 0. The SMILES string of the molecule is COC(=O)C(CO)N(N)C(=O)c1ccccn1. The summed E-state index contributed by atoms with van der Waals surface area (Å²) in [6.07, 6.45) is 1.42. The van der Waals surface area contributed by atoms with Gasteiger partial charge in [-0.05, 0) is 12.1 Å². The van der Waals surface area contributed by atoms with Crippen molar-refractivity contribution in [2.45, 2.75) is 6.04 Å². The van der Waals surface area contributed by atoms with E-state index in [1.165, 1.54) is 12.3 Å². The summed E-state index contributed by atoms with van der Waals surface area (Å²) in [6, 6.07) is 3.46. The van der Waals surface area contributed by atoms with Gasteiger partial charge in [0.2, 0.25) is 0 Å². The Labute approximate surface area is 97.8 Å². The first kappa shape index (κ1) is 13.1. The lowest BCUT2D eigenvalue weighted by atomic mass is 10.2. The number of nitrogens with zero attached hydrogens (tertiary/aromatic N) is 2. The van der Waals surface area contributed by atoms with E-state index in [1.54, 1.807) is 12.1 Å². The summed E-state index contributed by atoms with van der Waals surface area (Å²) in [5.74, 6) is 4.00. The topological polar surface area (TPSA) is 106 Å². The highest BCUT2D eigenvalue weighted by Gasteiger charge is 2.29. The summed E-state index contributed by atoms with van der Waals surface area (Å²) in [5.41, 5.74) is 0.0809. The fourth-order valence-corrected chi connectivity index (χ4v) is 1.18. The Hall–Kier alpha value is -1.99. The molecule has 0 spiro atoms. The largest absolute Gasteiger partial charge is 0.467 e. The lowest BCUT2D eigenvalue weighted by Crippen LogP contribution is -2.52. The summed E-state index contributed by atoms with van der Waals surface area (Å²) in [5, 5.41) is 9.60. The second-order valence-corrected chi connectivity index (χ2v) is 3.15. The summed E-state index contributed by atoms with van der Waals surface area (Å²) in [6.45, 7) is -0.623. The van der Waals surface area contributed by atoms with Gasteiger partial charge in [0, 0.05) is 6.20 Å². The molecule has 0 aliphatic carbocycles. The van der Waals surface area contributed by atoms with E-state index in [4.69, 9.17) is 10.9 Å². The number of hydrazine groups is 1. The van der Waals surface area contributed by atoms with Gasteiger partial charge in [-0.2, -0.15) is 0 Å². The summed E-state index contributed by atoms with van der Waals surface area (Å²) in [7, 11) is 1.14. The zero-order valence-electron chi connectivity index (χ0n) is 9.24. The number of hydrogen-bond donors (Lipinski definition) is 2. The number of aliphatic hydroxyl groups excluding tert-OH is 1. The molecule has 1 rings (SSSR count). The number of rotatable bonds is 4. The van der Waals surface area contributed by atoms with Gasteiger partial charge in [-0.15, -0.1) is 0 Å². The molecule has 1 unspecified atom stereocenters. The van der Waals surface area contributed by atoms with Crippen LogP contribution in [0.3, 0.4) is 0 Å². The van der Waals surface area contributed by atoms with Crippen molar-refractivity contribution >= 4 is 11.9 Å². The Morgan fingerprint density at radius 2 is 2.29 bits per heavy atom. The van der Waals surface area contributed by atoms with Crippen LogP contribution in [0.5, 0.6) is 0 Å². The Balaban J connectivity index is 2.85. The molecule has 0 aliphatic heterocycles. The third-order valence-corrected chi connectivity index (χ3v) is 2.10. The zero-order chi connectivity index (χ0) is 12.8. The lowest BCUT2D eigenvalue weighted by Gasteiger charge is -2.23. The molecule has 0 saturated carbocycles. The fourth-order valence-electron chi connectivity index (χ4n) is 1.18. The van der Waals surface area contributed by atoms with Crippen LogP contribution in [0.4, 0.5) is 0 Å². The molecule has 17 heavy (non-hydrogen) atoms. The van der Waals surface area contributed by atoms with Gasteiger partial charge < -0.3 is 9.84 Å². The van der Waals surface area contributed by atoms with Crippen molar-refractivity contribution in [3.05, 3.63) is 30.1 Å². The number of aromatic nitrogens is 1. The molecule has 7 nitrogen and oxygen atoms in total. The highest BCUT2D eigenvalue weighted by atomic mass is 16.5. The van der Waals surface area contributed by atoms with Crippen molar-refractivity contribution < 1.29 is 19.4 Å². The first-order chi connectivity index (χ1) is 8.11. The van der Waals surface area contributed by atoms with Crippen molar-refractivity contribution in [2.24, 2.45) is 5.84 Å². The number of nitrogens with two attached hydrogens (primary N) is 1. The Morgan fingerprint density at radius 3 is 2.76 bits per heavy atom.